The van der Waals surface area contributed by atoms with Crippen LogP contribution in [0.25, 0.3) is 0 Å². The molecule has 0 aliphatic heterocycles. The molecule has 0 saturated heterocycles. The molecule has 0 aliphatic carbocycles. The Morgan fingerprint density at radius 2 is 1.54 bits per heavy atom. The molecular formula is C16H41N4O6+. The molecule has 0 fully saturated rings. The van der Waals surface area contributed by atoms with Gasteiger partial charge in [-0.15, -0.1) is 0 Å². The number of nitrogens with one attached hydrogen (secondary N) is 2. The first kappa shape index (κ1) is 35.6. The number of likely N-dealkylation sites (N-methyl/N-ethyl adjacent to an activating group) is 2. The van der Waals surface area contributed by atoms with Gasteiger partial charge in [-0.3, -0.25) is 9.79 Å². The summed E-state index contributed by atoms with van der Waals surface area (Å²) in [6.07, 6.45) is 2.43. The van der Waals surface area contributed by atoms with E-state index in [9.17, 15) is 4.79 Å². The van der Waals surface area contributed by atoms with Gasteiger partial charge in [0.25, 0.3) is 0 Å². The Bertz CT molecular complexity index is 251. The lowest BCUT2D eigenvalue weighted by Gasteiger charge is -1.91. The Hall–Kier alpha value is -1.43. The predicted molar refractivity (Wildman–Crippen MR) is 105 cm³/mol. The summed E-state index contributed by atoms with van der Waals surface area (Å²) in [4.78, 5) is 22.2. The third-order valence-electron chi connectivity index (χ3n) is 1.66. The molecule has 0 atom stereocenters. The van der Waals surface area contributed by atoms with Crippen molar-refractivity contribution in [3.8, 4) is 0 Å². The highest BCUT2D eigenvalue weighted by atomic mass is 16.4. The molecule has 0 bridgehead atoms. The van der Waals surface area contributed by atoms with Crippen molar-refractivity contribution in [2.45, 2.75) is 27.7 Å². The van der Waals surface area contributed by atoms with Crippen LogP contribution in [0.5, 0.6) is 0 Å². The van der Waals surface area contributed by atoms with Crippen molar-refractivity contribution < 1.29 is 35.3 Å². The fourth-order valence-corrected chi connectivity index (χ4v) is 0.675. The van der Waals surface area contributed by atoms with E-state index in [1.807, 2.05) is 20.8 Å². The second-order valence-corrected chi connectivity index (χ2v) is 3.97. The van der Waals surface area contributed by atoms with E-state index < -0.39 is 5.97 Å². The van der Waals surface area contributed by atoms with Crippen molar-refractivity contribution in [2.24, 2.45) is 4.99 Å². The zero-order valence-electron chi connectivity index (χ0n) is 16.9. The van der Waals surface area contributed by atoms with Crippen LogP contribution in [0.15, 0.2) is 4.99 Å². The normalized spacial score (nSPS) is 8.46. The number of carboxylic acid groups (broad SMARTS) is 1. The van der Waals surface area contributed by atoms with Crippen LogP contribution in [0.3, 0.4) is 0 Å². The smallest absolute Gasteiger partial charge is 0.317 e. The summed E-state index contributed by atoms with van der Waals surface area (Å²) in [5, 5.41) is 39.3. The highest BCUT2D eigenvalue weighted by Crippen LogP contribution is 1.60. The fourth-order valence-electron chi connectivity index (χ4n) is 0.675. The number of hydrogen-bond donors (Lipinski definition) is 7. The van der Waals surface area contributed by atoms with E-state index in [1.54, 1.807) is 18.6 Å². The number of nitrogens with two attached hydrogens (primary N) is 1. The lowest BCUT2D eigenvalue weighted by Crippen LogP contribution is -2.79. The van der Waals surface area contributed by atoms with Crippen molar-refractivity contribution in [1.82, 2.24) is 10.6 Å². The first-order valence-electron chi connectivity index (χ1n) is 8.51. The Morgan fingerprint density at radius 1 is 1.08 bits per heavy atom. The van der Waals surface area contributed by atoms with Crippen molar-refractivity contribution in [3.05, 3.63) is 0 Å². The van der Waals surface area contributed by atoms with Crippen molar-refractivity contribution in [3.63, 3.8) is 0 Å². The van der Waals surface area contributed by atoms with E-state index in [0.717, 1.165) is 19.4 Å². The van der Waals surface area contributed by atoms with Crippen LogP contribution in [-0.2, 0) is 9.59 Å². The maximum absolute atomic E-state index is 9.70. The number of aliphatic imine (C=N–C) groups is 1. The van der Waals surface area contributed by atoms with Gasteiger partial charge in [0.2, 0.25) is 0 Å². The Balaban J connectivity index is -0.0000000727. The maximum atomic E-state index is 9.70. The van der Waals surface area contributed by atoms with E-state index in [-0.39, 0.29) is 26.5 Å². The van der Waals surface area contributed by atoms with E-state index in [4.69, 9.17) is 25.2 Å². The molecule has 160 valence electrons. The van der Waals surface area contributed by atoms with Gasteiger partial charge in [0, 0.05) is 6.54 Å². The lowest BCUT2D eigenvalue weighted by atomic mass is 10.6. The van der Waals surface area contributed by atoms with Crippen molar-refractivity contribution in [2.75, 3.05) is 59.7 Å². The Labute approximate surface area is 157 Å². The maximum Gasteiger partial charge on any atom is 0.317 e. The average Bonchev–Trinajstić information content (AvgIpc) is 2.64. The molecule has 0 radical (unpaired) electrons. The van der Waals surface area contributed by atoms with Gasteiger partial charge in [0.1, 0.15) is 6.29 Å². The number of carbonyl (C=O) groups is 2. The second-order valence-electron chi connectivity index (χ2n) is 3.97. The summed E-state index contributed by atoms with van der Waals surface area (Å²) in [7, 11) is 1.81. The first-order valence-corrected chi connectivity index (χ1v) is 8.51. The number of aliphatic hydroxyl groups excluding tert-OH is 3. The molecule has 0 saturated carbocycles. The predicted octanol–water partition coefficient (Wildman–Crippen LogP) is -2.33. The molecular weight excluding hydrogens is 344 g/mol. The standard InChI is InChI=1S/C4H9NO2.C4H11NO.C4H9NO.C2H7NO.C2H4O/c1-2-5-3-4(6)7;2*1-2-5-3-4-6;1-3-2-4;1-2-3/h5H,2-3H2,1H3,(H,6,7);5-6H,2-4H2,1H3;2,6H,3-4H2,1H3;3-4H,2H2,1H3;2H,1H3/p+1. The number of carbonyl (C=O) groups excluding carboxylic acids is 1. The van der Waals surface area contributed by atoms with Crippen LogP contribution in [0.2, 0.25) is 0 Å². The highest BCUT2D eigenvalue weighted by Gasteiger charge is 1.89. The number of aliphatic hydroxyl groups is 3. The van der Waals surface area contributed by atoms with Gasteiger partial charge < -0.3 is 41.2 Å². The third kappa shape index (κ3) is 115. The molecule has 0 unspecified atom stereocenters. The number of nitrogens with zero attached hydrogens (tertiary/aromatic N) is 1. The van der Waals surface area contributed by atoms with E-state index in [0.29, 0.717) is 13.1 Å². The summed E-state index contributed by atoms with van der Waals surface area (Å²) in [6, 6.07) is 0. The number of aldehydes is 1. The van der Waals surface area contributed by atoms with Crippen LogP contribution in [0.4, 0.5) is 0 Å². The van der Waals surface area contributed by atoms with E-state index in [2.05, 4.69) is 15.6 Å². The molecule has 0 spiro atoms. The molecule has 0 heterocycles. The van der Waals surface area contributed by atoms with Gasteiger partial charge >= 0.3 is 5.97 Å². The van der Waals surface area contributed by atoms with Gasteiger partial charge in [-0.25, -0.2) is 0 Å². The summed E-state index contributed by atoms with van der Waals surface area (Å²) >= 11 is 0. The molecule has 0 rings (SSSR count). The van der Waals surface area contributed by atoms with Gasteiger partial charge in [-0.2, -0.15) is 0 Å². The van der Waals surface area contributed by atoms with Gasteiger partial charge in [0.15, 0.2) is 6.73 Å². The quantitative estimate of drug-likeness (QED) is 0.100. The third-order valence-corrected chi connectivity index (χ3v) is 1.66. The zero-order chi connectivity index (χ0) is 21.5. The molecule has 10 heteroatoms. The molecule has 10 nitrogen and oxygen atoms in total. The minimum Gasteiger partial charge on any atom is -0.480 e. The first-order chi connectivity index (χ1) is 12.4. The molecule has 26 heavy (non-hydrogen) atoms. The summed E-state index contributed by atoms with van der Waals surface area (Å²) in [5.41, 5.74) is 0. The van der Waals surface area contributed by atoms with Crippen molar-refractivity contribution in [1.29, 1.82) is 0 Å². The lowest BCUT2D eigenvalue weighted by molar-refractivity contribution is -0.658. The van der Waals surface area contributed by atoms with Crippen LogP contribution in [0, 0.1) is 0 Å². The van der Waals surface area contributed by atoms with E-state index >= 15 is 0 Å². The number of aliphatic carboxylic acids is 1. The SMILES string of the molecule is CC=NCCO.CC=O.CCNCC(=O)O.CCNCCO.C[NH2+]CO. The number of hydrogen-bond acceptors (Lipinski definition) is 8. The van der Waals surface area contributed by atoms with Gasteiger partial charge in [-0.05, 0) is 33.2 Å². The topological polar surface area (TPSA) is 168 Å². The van der Waals surface area contributed by atoms with Crippen molar-refractivity contribution >= 4 is 18.5 Å². The molecule has 0 aromatic heterocycles. The Kier molecular flexibility index (Phi) is 67.9. The number of carboxylic acids is 1. The van der Waals surface area contributed by atoms with E-state index in [1.165, 1.54) is 6.92 Å². The van der Waals surface area contributed by atoms with Crippen LogP contribution in [0.1, 0.15) is 27.7 Å². The largest absolute Gasteiger partial charge is 0.480 e. The van der Waals surface area contributed by atoms with Crippen LogP contribution >= 0.6 is 0 Å². The average molecular weight is 386 g/mol. The highest BCUT2D eigenvalue weighted by molar-refractivity contribution is 5.68. The summed E-state index contributed by atoms with van der Waals surface area (Å²) in [6.45, 7) is 10.7. The monoisotopic (exact) mass is 385 g/mol. The minimum absolute atomic E-state index is 0.0660. The zero-order valence-corrected chi connectivity index (χ0v) is 16.9. The van der Waals surface area contributed by atoms with Crippen LogP contribution in [-0.4, -0.2) is 98.6 Å². The summed E-state index contributed by atoms with van der Waals surface area (Å²) < 4.78 is 0. The van der Waals surface area contributed by atoms with Crippen LogP contribution < -0.4 is 16.0 Å². The molecule has 0 aliphatic rings. The fraction of sp³-hybridized carbons (Fsp3) is 0.812. The molecule has 0 aromatic carbocycles. The number of rotatable bonds is 9. The minimum atomic E-state index is -0.804. The molecule has 8 N–H and O–H groups in total. The Morgan fingerprint density at radius 3 is 1.65 bits per heavy atom. The second kappa shape index (κ2) is 49.5. The molecule has 0 aromatic rings. The van der Waals surface area contributed by atoms with Gasteiger partial charge in [0.05, 0.1) is 33.4 Å². The summed E-state index contributed by atoms with van der Waals surface area (Å²) in [5.74, 6) is -0.804. The number of quaternary nitrogens is 1. The molecule has 0 amide bonds. The van der Waals surface area contributed by atoms with Gasteiger partial charge in [-0.1, -0.05) is 13.8 Å².